The van der Waals surface area contributed by atoms with Crippen molar-refractivity contribution in [2.24, 2.45) is 5.92 Å². The van der Waals surface area contributed by atoms with Gasteiger partial charge in [0, 0.05) is 20.1 Å². The van der Waals surface area contributed by atoms with Crippen molar-refractivity contribution in [2.45, 2.75) is 43.2 Å². The molecule has 0 bridgehead atoms. The number of nitrogens with zero attached hydrogens (tertiary/aromatic N) is 1. The normalized spacial score (nSPS) is 22.1. The van der Waals surface area contributed by atoms with E-state index in [-0.39, 0.29) is 10.9 Å². The fourth-order valence-corrected chi connectivity index (χ4v) is 3.57. The molecule has 1 aliphatic rings. The van der Waals surface area contributed by atoms with Gasteiger partial charge in [0.05, 0.1) is 5.92 Å². The van der Waals surface area contributed by atoms with Crippen LogP contribution in [0.25, 0.3) is 0 Å². The van der Waals surface area contributed by atoms with Crippen LogP contribution in [-0.2, 0) is 14.8 Å². The standard InChI is InChI=1S/C15H22N2O6S/c1-17(2)24(21,22)13-9-8-12(23-13)14(18)16-11-7-5-3-4-6-10(11)15(19)20/h8-11H,3-7H2,1-2H3,(H,16,18)(H,19,20)/t10-,11+/m1/s1. The van der Waals surface area contributed by atoms with Crippen molar-refractivity contribution in [3.05, 3.63) is 17.9 Å². The molecule has 1 amide bonds. The number of furan rings is 1. The number of nitrogens with one attached hydrogen (secondary N) is 1. The maximum atomic E-state index is 12.3. The first-order valence-electron chi connectivity index (χ1n) is 7.79. The van der Waals surface area contributed by atoms with Crippen molar-refractivity contribution < 1.29 is 27.5 Å². The minimum absolute atomic E-state index is 0.149. The predicted octanol–water partition coefficient (Wildman–Crippen LogP) is 1.29. The largest absolute Gasteiger partial charge is 0.481 e. The number of carbonyl (C=O) groups excluding carboxylic acids is 1. The second kappa shape index (κ2) is 7.35. The van der Waals surface area contributed by atoms with Crippen molar-refractivity contribution >= 4 is 21.9 Å². The van der Waals surface area contributed by atoms with Crippen LogP contribution >= 0.6 is 0 Å². The lowest BCUT2D eigenvalue weighted by atomic mass is 9.95. The van der Waals surface area contributed by atoms with E-state index in [0.717, 1.165) is 23.6 Å². The highest BCUT2D eigenvalue weighted by atomic mass is 32.2. The summed E-state index contributed by atoms with van der Waals surface area (Å²) in [7, 11) is -1.04. The number of carbonyl (C=O) groups is 2. The molecular formula is C15H22N2O6S. The van der Waals surface area contributed by atoms with Crippen molar-refractivity contribution in [1.29, 1.82) is 0 Å². The van der Waals surface area contributed by atoms with E-state index in [9.17, 15) is 23.1 Å². The molecule has 1 saturated carbocycles. The second-order valence-corrected chi connectivity index (χ2v) is 8.15. The predicted molar refractivity (Wildman–Crippen MR) is 85.0 cm³/mol. The minimum Gasteiger partial charge on any atom is -0.481 e. The van der Waals surface area contributed by atoms with Gasteiger partial charge < -0.3 is 14.8 Å². The average molecular weight is 358 g/mol. The molecule has 0 unspecified atom stereocenters. The Labute approximate surface area is 140 Å². The summed E-state index contributed by atoms with van der Waals surface area (Å²) in [5.74, 6) is -2.33. The maximum absolute atomic E-state index is 12.3. The lowest BCUT2D eigenvalue weighted by Gasteiger charge is -2.22. The monoisotopic (exact) mass is 358 g/mol. The molecule has 24 heavy (non-hydrogen) atoms. The highest BCUT2D eigenvalue weighted by Crippen LogP contribution is 2.24. The van der Waals surface area contributed by atoms with Crippen LogP contribution in [0.4, 0.5) is 0 Å². The van der Waals surface area contributed by atoms with Gasteiger partial charge in [0.2, 0.25) is 5.09 Å². The molecular weight excluding hydrogens is 336 g/mol. The van der Waals surface area contributed by atoms with E-state index in [1.807, 2.05) is 0 Å². The van der Waals surface area contributed by atoms with Crippen LogP contribution < -0.4 is 5.32 Å². The van der Waals surface area contributed by atoms with Gasteiger partial charge in [0.1, 0.15) is 0 Å². The zero-order chi connectivity index (χ0) is 17.9. The second-order valence-electron chi connectivity index (χ2n) is 6.07. The van der Waals surface area contributed by atoms with E-state index in [0.29, 0.717) is 12.8 Å². The summed E-state index contributed by atoms with van der Waals surface area (Å²) in [4.78, 5) is 23.7. The van der Waals surface area contributed by atoms with E-state index in [1.165, 1.54) is 26.2 Å². The molecule has 1 aromatic heterocycles. The minimum atomic E-state index is -3.76. The Hall–Kier alpha value is -1.87. The summed E-state index contributed by atoms with van der Waals surface area (Å²) in [6.07, 6.45) is 3.68. The van der Waals surface area contributed by atoms with Crippen LogP contribution in [0.2, 0.25) is 0 Å². The third-order valence-corrected chi connectivity index (χ3v) is 5.88. The smallest absolute Gasteiger partial charge is 0.308 e. The fraction of sp³-hybridized carbons (Fsp3) is 0.600. The molecule has 0 aromatic carbocycles. The Morgan fingerprint density at radius 3 is 2.50 bits per heavy atom. The van der Waals surface area contributed by atoms with Gasteiger partial charge in [0.15, 0.2) is 5.76 Å². The number of carboxylic acids is 1. The van der Waals surface area contributed by atoms with Crippen LogP contribution in [0.3, 0.4) is 0 Å². The number of hydrogen-bond acceptors (Lipinski definition) is 5. The van der Waals surface area contributed by atoms with Gasteiger partial charge in [-0.15, -0.1) is 0 Å². The number of sulfonamides is 1. The molecule has 1 heterocycles. The summed E-state index contributed by atoms with van der Waals surface area (Å²) in [6.45, 7) is 0. The van der Waals surface area contributed by atoms with E-state index in [2.05, 4.69) is 5.32 Å². The Morgan fingerprint density at radius 1 is 1.21 bits per heavy atom. The molecule has 1 aromatic rings. The van der Waals surface area contributed by atoms with Crippen LogP contribution in [-0.4, -0.2) is 49.8 Å². The quantitative estimate of drug-likeness (QED) is 0.766. The lowest BCUT2D eigenvalue weighted by molar-refractivity contribution is -0.142. The highest BCUT2D eigenvalue weighted by Gasteiger charge is 2.32. The lowest BCUT2D eigenvalue weighted by Crippen LogP contribution is -2.42. The first-order valence-corrected chi connectivity index (χ1v) is 9.23. The van der Waals surface area contributed by atoms with Crippen LogP contribution in [0.5, 0.6) is 0 Å². The molecule has 134 valence electrons. The number of rotatable bonds is 5. The SMILES string of the molecule is CN(C)S(=O)(=O)c1ccc(C(=O)N[C@H]2CCCCC[C@H]2C(=O)O)o1. The topological polar surface area (TPSA) is 117 Å². The van der Waals surface area contributed by atoms with Crippen molar-refractivity contribution in [3.63, 3.8) is 0 Å². The number of amides is 1. The molecule has 2 rings (SSSR count). The van der Waals surface area contributed by atoms with Gasteiger partial charge in [-0.3, -0.25) is 9.59 Å². The zero-order valence-electron chi connectivity index (χ0n) is 13.7. The molecule has 0 radical (unpaired) electrons. The molecule has 0 aliphatic heterocycles. The summed E-state index contributed by atoms with van der Waals surface area (Å²) < 4.78 is 30.1. The van der Waals surface area contributed by atoms with Gasteiger partial charge >= 0.3 is 5.97 Å². The number of hydrogen-bond donors (Lipinski definition) is 2. The highest BCUT2D eigenvalue weighted by molar-refractivity contribution is 7.88. The Kier molecular flexibility index (Phi) is 5.66. The molecule has 0 saturated heterocycles. The van der Waals surface area contributed by atoms with Gasteiger partial charge in [0.25, 0.3) is 15.9 Å². The molecule has 1 aliphatic carbocycles. The van der Waals surface area contributed by atoms with Gasteiger partial charge in [-0.1, -0.05) is 19.3 Å². The van der Waals surface area contributed by atoms with Gasteiger partial charge in [-0.05, 0) is 25.0 Å². The summed E-state index contributed by atoms with van der Waals surface area (Å²) in [5, 5.41) is 11.7. The summed E-state index contributed by atoms with van der Waals surface area (Å²) >= 11 is 0. The Balaban J connectivity index is 2.14. The zero-order valence-corrected chi connectivity index (χ0v) is 14.5. The molecule has 0 spiro atoms. The molecule has 1 fully saturated rings. The fourth-order valence-electron chi connectivity index (χ4n) is 2.78. The number of carboxylic acid groups (broad SMARTS) is 1. The van der Waals surface area contributed by atoms with E-state index >= 15 is 0 Å². The Bertz CT molecular complexity index is 709. The van der Waals surface area contributed by atoms with Crippen LogP contribution in [0, 0.1) is 5.92 Å². The van der Waals surface area contributed by atoms with E-state index in [4.69, 9.17) is 4.42 Å². The van der Waals surface area contributed by atoms with E-state index < -0.39 is 33.9 Å². The third-order valence-electron chi connectivity index (χ3n) is 4.19. The third kappa shape index (κ3) is 3.96. The van der Waals surface area contributed by atoms with Gasteiger partial charge in [-0.25, -0.2) is 12.7 Å². The van der Waals surface area contributed by atoms with E-state index in [1.54, 1.807) is 0 Å². The van der Waals surface area contributed by atoms with Gasteiger partial charge in [-0.2, -0.15) is 0 Å². The molecule has 2 atom stereocenters. The first-order chi connectivity index (χ1) is 11.2. The number of aliphatic carboxylic acids is 1. The summed E-state index contributed by atoms with van der Waals surface area (Å²) in [5.41, 5.74) is 0. The molecule has 2 N–H and O–H groups in total. The van der Waals surface area contributed by atoms with Crippen LogP contribution in [0.15, 0.2) is 21.6 Å². The molecule has 8 nitrogen and oxygen atoms in total. The van der Waals surface area contributed by atoms with Crippen molar-refractivity contribution in [3.8, 4) is 0 Å². The summed E-state index contributed by atoms with van der Waals surface area (Å²) in [6, 6.07) is 2.00. The average Bonchev–Trinajstić information content (AvgIpc) is 2.89. The van der Waals surface area contributed by atoms with Crippen LogP contribution in [0.1, 0.15) is 42.7 Å². The van der Waals surface area contributed by atoms with Crippen molar-refractivity contribution in [2.75, 3.05) is 14.1 Å². The first kappa shape index (κ1) is 18.5. The molecule has 9 heteroatoms. The maximum Gasteiger partial charge on any atom is 0.308 e. The Morgan fingerprint density at radius 2 is 1.88 bits per heavy atom. The van der Waals surface area contributed by atoms with Crippen molar-refractivity contribution in [1.82, 2.24) is 9.62 Å².